The molecule has 24 heavy (non-hydrogen) atoms. The lowest BCUT2D eigenvalue weighted by Gasteiger charge is -2.18. The highest BCUT2D eigenvalue weighted by Gasteiger charge is 2.22. The first-order valence-electron chi connectivity index (χ1n) is 7.76. The maximum atomic E-state index is 12.5. The lowest BCUT2D eigenvalue weighted by Crippen LogP contribution is -2.31. The van der Waals surface area contributed by atoms with Crippen molar-refractivity contribution in [1.29, 1.82) is 0 Å². The number of rotatable bonds is 7. The number of hydrogen-bond acceptors (Lipinski definition) is 4. The van der Waals surface area contributed by atoms with Gasteiger partial charge in [-0.15, -0.1) is 0 Å². The summed E-state index contributed by atoms with van der Waals surface area (Å²) in [5, 5.41) is 2.76. The van der Waals surface area contributed by atoms with Gasteiger partial charge in [0, 0.05) is 37.6 Å². The molecule has 0 bridgehead atoms. The molecule has 7 heteroatoms. The fourth-order valence-electron chi connectivity index (χ4n) is 2.30. The summed E-state index contributed by atoms with van der Waals surface area (Å²) in [7, 11) is -3.58. The van der Waals surface area contributed by atoms with Crippen LogP contribution in [-0.4, -0.2) is 36.7 Å². The average molecular weight is 347 g/mol. The molecule has 2 rings (SSSR count). The summed E-state index contributed by atoms with van der Waals surface area (Å²) in [6.45, 7) is 4.67. The van der Waals surface area contributed by atoms with Gasteiger partial charge in [-0.1, -0.05) is 26.0 Å². The molecule has 0 fully saturated rings. The number of sulfonamides is 1. The first-order valence-corrected chi connectivity index (χ1v) is 9.20. The Morgan fingerprint density at radius 3 is 2.54 bits per heavy atom. The SMILES string of the molecule is CCN(CC)S(=O)(=O)c1cccc(C(=O)NCc2cccnc2)c1. The largest absolute Gasteiger partial charge is 0.348 e. The maximum absolute atomic E-state index is 12.5. The van der Waals surface area contributed by atoms with Crippen molar-refractivity contribution in [2.75, 3.05) is 13.1 Å². The van der Waals surface area contributed by atoms with Gasteiger partial charge in [-0.25, -0.2) is 8.42 Å². The normalized spacial score (nSPS) is 11.5. The second-order valence-electron chi connectivity index (χ2n) is 5.16. The molecule has 1 heterocycles. The Kier molecular flexibility index (Phi) is 6.05. The van der Waals surface area contributed by atoms with E-state index < -0.39 is 10.0 Å². The van der Waals surface area contributed by atoms with E-state index in [1.165, 1.54) is 16.4 Å². The van der Waals surface area contributed by atoms with Crippen LogP contribution in [0, 0.1) is 0 Å². The van der Waals surface area contributed by atoms with Crippen LogP contribution in [0.1, 0.15) is 29.8 Å². The topological polar surface area (TPSA) is 79.4 Å². The third-order valence-electron chi connectivity index (χ3n) is 3.62. The second kappa shape index (κ2) is 8.03. The molecule has 0 spiro atoms. The molecule has 128 valence electrons. The Labute approximate surface area is 142 Å². The highest BCUT2D eigenvalue weighted by atomic mass is 32.2. The summed E-state index contributed by atoms with van der Waals surface area (Å²) in [6.07, 6.45) is 3.33. The summed E-state index contributed by atoms with van der Waals surface area (Å²) >= 11 is 0. The van der Waals surface area contributed by atoms with E-state index in [2.05, 4.69) is 10.3 Å². The summed E-state index contributed by atoms with van der Waals surface area (Å²) < 4.78 is 26.4. The van der Waals surface area contributed by atoms with Crippen LogP contribution in [0.4, 0.5) is 0 Å². The lowest BCUT2D eigenvalue weighted by atomic mass is 10.2. The third kappa shape index (κ3) is 4.18. The van der Waals surface area contributed by atoms with E-state index in [-0.39, 0.29) is 10.8 Å². The number of nitrogens with zero attached hydrogens (tertiary/aromatic N) is 2. The molecule has 1 N–H and O–H groups in total. The van der Waals surface area contributed by atoms with Crippen molar-refractivity contribution in [2.45, 2.75) is 25.3 Å². The lowest BCUT2D eigenvalue weighted by molar-refractivity contribution is 0.0950. The van der Waals surface area contributed by atoms with Crippen LogP contribution in [0.2, 0.25) is 0 Å². The molecule has 1 amide bonds. The van der Waals surface area contributed by atoms with Crippen LogP contribution >= 0.6 is 0 Å². The van der Waals surface area contributed by atoms with Gasteiger partial charge in [-0.05, 0) is 29.8 Å². The van der Waals surface area contributed by atoms with Gasteiger partial charge in [-0.3, -0.25) is 9.78 Å². The Balaban J connectivity index is 2.16. The second-order valence-corrected chi connectivity index (χ2v) is 7.10. The molecule has 0 atom stereocenters. The monoisotopic (exact) mass is 347 g/mol. The maximum Gasteiger partial charge on any atom is 0.251 e. The van der Waals surface area contributed by atoms with E-state index in [0.717, 1.165) is 5.56 Å². The number of carbonyl (C=O) groups excluding carboxylic acids is 1. The highest BCUT2D eigenvalue weighted by molar-refractivity contribution is 7.89. The van der Waals surface area contributed by atoms with E-state index in [1.807, 2.05) is 6.07 Å². The fraction of sp³-hybridized carbons (Fsp3) is 0.294. The number of pyridine rings is 1. The number of nitrogens with one attached hydrogen (secondary N) is 1. The van der Waals surface area contributed by atoms with Gasteiger partial charge < -0.3 is 5.32 Å². The minimum Gasteiger partial charge on any atom is -0.348 e. The summed E-state index contributed by atoms with van der Waals surface area (Å²) in [6, 6.07) is 9.74. The van der Waals surface area contributed by atoms with Gasteiger partial charge in [0.15, 0.2) is 0 Å². The molecule has 0 aliphatic heterocycles. The molecule has 0 saturated carbocycles. The Morgan fingerprint density at radius 2 is 1.92 bits per heavy atom. The fourth-order valence-corrected chi connectivity index (χ4v) is 3.80. The van der Waals surface area contributed by atoms with Crippen molar-refractivity contribution >= 4 is 15.9 Å². The van der Waals surface area contributed by atoms with Crippen molar-refractivity contribution in [3.63, 3.8) is 0 Å². The Bertz CT molecular complexity index is 788. The van der Waals surface area contributed by atoms with E-state index in [9.17, 15) is 13.2 Å². The Hall–Kier alpha value is -2.25. The average Bonchev–Trinajstić information content (AvgIpc) is 2.61. The van der Waals surface area contributed by atoms with Gasteiger partial charge in [-0.2, -0.15) is 4.31 Å². The predicted molar refractivity (Wildman–Crippen MR) is 92.0 cm³/mol. The van der Waals surface area contributed by atoms with Crippen LogP contribution in [0.5, 0.6) is 0 Å². The van der Waals surface area contributed by atoms with E-state index in [0.29, 0.717) is 25.2 Å². The van der Waals surface area contributed by atoms with Crippen LogP contribution in [0.3, 0.4) is 0 Å². The van der Waals surface area contributed by atoms with Crippen molar-refractivity contribution in [3.05, 3.63) is 59.9 Å². The van der Waals surface area contributed by atoms with E-state index in [1.54, 1.807) is 44.4 Å². The van der Waals surface area contributed by atoms with Gasteiger partial charge in [0.25, 0.3) is 5.91 Å². The number of hydrogen-bond donors (Lipinski definition) is 1. The number of benzene rings is 1. The molecule has 6 nitrogen and oxygen atoms in total. The van der Waals surface area contributed by atoms with Crippen molar-refractivity contribution in [3.8, 4) is 0 Å². The molecule has 1 aromatic heterocycles. The molecular weight excluding hydrogens is 326 g/mol. The molecular formula is C17H21N3O3S. The van der Waals surface area contributed by atoms with Gasteiger partial charge >= 0.3 is 0 Å². The molecule has 0 radical (unpaired) electrons. The van der Waals surface area contributed by atoms with Crippen molar-refractivity contribution in [1.82, 2.24) is 14.6 Å². The molecule has 0 aliphatic carbocycles. The first-order chi connectivity index (χ1) is 11.5. The van der Waals surface area contributed by atoms with Crippen LogP contribution < -0.4 is 5.32 Å². The van der Waals surface area contributed by atoms with E-state index >= 15 is 0 Å². The zero-order chi connectivity index (χ0) is 17.6. The summed E-state index contributed by atoms with van der Waals surface area (Å²) in [5.74, 6) is -0.324. The molecule has 0 aliphatic rings. The smallest absolute Gasteiger partial charge is 0.251 e. The Morgan fingerprint density at radius 1 is 1.17 bits per heavy atom. The molecule has 0 saturated heterocycles. The van der Waals surface area contributed by atoms with Crippen LogP contribution in [0.25, 0.3) is 0 Å². The molecule has 2 aromatic rings. The number of aromatic nitrogens is 1. The standard InChI is InChI=1S/C17H21N3O3S/c1-3-20(4-2)24(22,23)16-9-5-8-15(11-16)17(21)19-13-14-7-6-10-18-12-14/h5-12H,3-4,13H2,1-2H3,(H,19,21). The minimum atomic E-state index is -3.58. The predicted octanol–water partition coefficient (Wildman–Crippen LogP) is 2.04. The number of carbonyl (C=O) groups is 1. The number of amides is 1. The molecule has 1 aromatic carbocycles. The zero-order valence-electron chi connectivity index (χ0n) is 13.8. The van der Waals surface area contributed by atoms with Gasteiger partial charge in [0.2, 0.25) is 10.0 Å². The van der Waals surface area contributed by atoms with Crippen LogP contribution in [0.15, 0.2) is 53.7 Å². The third-order valence-corrected chi connectivity index (χ3v) is 5.66. The summed E-state index contributed by atoms with van der Waals surface area (Å²) in [4.78, 5) is 16.4. The van der Waals surface area contributed by atoms with Crippen molar-refractivity contribution in [2.24, 2.45) is 0 Å². The first kappa shape index (κ1) is 18.1. The summed E-state index contributed by atoms with van der Waals surface area (Å²) in [5.41, 5.74) is 1.19. The molecule has 0 unspecified atom stereocenters. The minimum absolute atomic E-state index is 0.125. The quantitative estimate of drug-likeness (QED) is 0.831. The van der Waals surface area contributed by atoms with Gasteiger partial charge in [0.05, 0.1) is 4.90 Å². The van der Waals surface area contributed by atoms with E-state index in [4.69, 9.17) is 0 Å². The zero-order valence-corrected chi connectivity index (χ0v) is 14.6. The van der Waals surface area contributed by atoms with Crippen molar-refractivity contribution < 1.29 is 13.2 Å². The van der Waals surface area contributed by atoms with Gasteiger partial charge in [0.1, 0.15) is 0 Å². The van der Waals surface area contributed by atoms with Crippen LogP contribution in [-0.2, 0) is 16.6 Å². The highest BCUT2D eigenvalue weighted by Crippen LogP contribution is 2.17.